The summed E-state index contributed by atoms with van der Waals surface area (Å²) in [5.74, 6) is 0.927. The monoisotopic (exact) mass is 405 g/mol. The van der Waals surface area contributed by atoms with Crippen molar-refractivity contribution in [1.82, 2.24) is 20.2 Å². The number of nitrogens with zero attached hydrogens (tertiary/aromatic N) is 4. The molecule has 2 aromatic heterocycles. The Kier molecular flexibility index (Phi) is 6.14. The van der Waals surface area contributed by atoms with Gasteiger partial charge in [0, 0.05) is 12.6 Å². The van der Waals surface area contributed by atoms with Gasteiger partial charge in [-0.1, -0.05) is 0 Å². The molecule has 1 fully saturated rings. The maximum Gasteiger partial charge on any atom is 0.275 e. The van der Waals surface area contributed by atoms with Gasteiger partial charge in [0.15, 0.2) is 6.54 Å². The van der Waals surface area contributed by atoms with Crippen LogP contribution in [-0.4, -0.2) is 78.5 Å². The lowest BCUT2D eigenvalue weighted by Crippen LogP contribution is -3.16. The van der Waals surface area contributed by atoms with Crippen molar-refractivity contribution in [2.45, 2.75) is 26.3 Å². The number of thiophene rings is 1. The molecule has 0 saturated carbocycles. The van der Waals surface area contributed by atoms with E-state index < -0.39 is 0 Å². The van der Waals surface area contributed by atoms with Crippen LogP contribution in [0.2, 0.25) is 0 Å². The number of rotatable bonds is 5. The molecule has 0 aromatic carbocycles. The van der Waals surface area contributed by atoms with Gasteiger partial charge in [0.05, 0.1) is 38.1 Å². The summed E-state index contributed by atoms with van der Waals surface area (Å²) in [6.45, 7) is 9.59. The number of nitrogens with one attached hydrogen (secondary N) is 2. The Morgan fingerprint density at radius 2 is 2.00 bits per heavy atom. The second kappa shape index (κ2) is 8.40. The van der Waals surface area contributed by atoms with E-state index in [2.05, 4.69) is 15.3 Å². The minimum atomic E-state index is -0.215. The van der Waals surface area contributed by atoms with Crippen LogP contribution in [0.1, 0.15) is 20.8 Å². The van der Waals surface area contributed by atoms with Crippen LogP contribution in [0.5, 0.6) is 0 Å². The van der Waals surface area contributed by atoms with Crippen LogP contribution in [0.15, 0.2) is 17.8 Å². The van der Waals surface area contributed by atoms with Gasteiger partial charge in [0.25, 0.3) is 5.91 Å². The fourth-order valence-corrected chi connectivity index (χ4v) is 4.12. The third-order valence-electron chi connectivity index (χ3n) is 4.72. The molecule has 1 aliphatic heterocycles. The summed E-state index contributed by atoms with van der Waals surface area (Å²) >= 11 is 1.57. The van der Waals surface area contributed by atoms with Gasteiger partial charge in [-0.25, -0.2) is 9.97 Å². The first-order valence-electron chi connectivity index (χ1n) is 9.54. The molecular formula is C19H29N6O2S+. The molecule has 1 aliphatic rings. The van der Waals surface area contributed by atoms with Gasteiger partial charge in [-0.2, -0.15) is 0 Å². The molecule has 0 radical (unpaired) electrons. The molecule has 0 bridgehead atoms. The van der Waals surface area contributed by atoms with Crippen molar-refractivity contribution in [2.75, 3.05) is 51.2 Å². The van der Waals surface area contributed by atoms with Crippen molar-refractivity contribution in [1.29, 1.82) is 0 Å². The highest BCUT2D eigenvalue weighted by atomic mass is 32.1. The maximum atomic E-state index is 12.7. The number of hydrogen-bond acceptors (Lipinski definition) is 6. The average Bonchev–Trinajstić information content (AvgIpc) is 3.09. The van der Waals surface area contributed by atoms with E-state index >= 15 is 0 Å². The molecule has 3 rings (SSSR count). The molecule has 2 amide bonds. The lowest BCUT2D eigenvalue weighted by Gasteiger charge is -2.33. The zero-order valence-corrected chi connectivity index (χ0v) is 17.8. The summed E-state index contributed by atoms with van der Waals surface area (Å²) < 4.78 is 0. The first-order valence-corrected chi connectivity index (χ1v) is 10.4. The number of anilines is 1. The Balaban J connectivity index is 1.50. The minimum Gasteiger partial charge on any atom is -0.350 e. The molecule has 28 heavy (non-hydrogen) atoms. The van der Waals surface area contributed by atoms with Gasteiger partial charge in [-0.3, -0.25) is 9.59 Å². The van der Waals surface area contributed by atoms with E-state index in [0.717, 1.165) is 29.1 Å². The first kappa shape index (κ1) is 20.5. The van der Waals surface area contributed by atoms with E-state index in [4.69, 9.17) is 0 Å². The number of piperazine rings is 1. The fraction of sp³-hybridized carbons (Fsp3) is 0.579. The van der Waals surface area contributed by atoms with Crippen LogP contribution < -0.4 is 15.1 Å². The molecule has 0 unspecified atom stereocenters. The molecular weight excluding hydrogens is 376 g/mol. The van der Waals surface area contributed by atoms with E-state index in [0.29, 0.717) is 19.6 Å². The second-order valence-electron chi connectivity index (χ2n) is 8.30. The number of fused-ring (bicyclic) bond motifs is 1. The van der Waals surface area contributed by atoms with Crippen LogP contribution >= 0.6 is 11.3 Å². The Labute approximate surface area is 169 Å². The molecule has 2 aromatic rings. The van der Waals surface area contributed by atoms with Crippen molar-refractivity contribution in [3.8, 4) is 0 Å². The first-order chi connectivity index (χ1) is 13.2. The quantitative estimate of drug-likeness (QED) is 0.718. The Morgan fingerprint density at radius 1 is 1.29 bits per heavy atom. The fourth-order valence-electron chi connectivity index (χ4n) is 3.40. The smallest absolute Gasteiger partial charge is 0.275 e. The predicted molar refractivity (Wildman–Crippen MR) is 111 cm³/mol. The Morgan fingerprint density at radius 3 is 2.68 bits per heavy atom. The summed E-state index contributed by atoms with van der Waals surface area (Å²) in [6, 6.07) is 1.99. The number of quaternary nitrogens is 1. The molecule has 0 atom stereocenters. The molecule has 0 spiro atoms. The number of carbonyl (C=O) groups is 2. The van der Waals surface area contributed by atoms with E-state index in [1.807, 2.05) is 49.1 Å². The largest absolute Gasteiger partial charge is 0.350 e. The Hall–Kier alpha value is -2.26. The topological polar surface area (TPSA) is 82.9 Å². The predicted octanol–water partition coefficient (Wildman–Crippen LogP) is -0.231. The van der Waals surface area contributed by atoms with Crippen molar-refractivity contribution in [3.05, 3.63) is 17.8 Å². The summed E-state index contributed by atoms with van der Waals surface area (Å²) in [5, 5.41) is 5.96. The van der Waals surface area contributed by atoms with Gasteiger partial charge in [-0.05, 0) is 32.2 Å². The van der Waals surface area contributed by atoms with E-state index in [9.17, 15) is 9.59 Å². The maximum absolute atomic E-state index is 12.7. The van der Waals surface area contributed by atoms with Gasteiger partial charge in [0.2, 0.25) is 5.91 Å². The summed E-state index contributed by atoms with van der Waals surface area (Å²) in [5.41, 5.74) is -0.215. The van der Waals surface area contributed by atoms with E-state index in [1.165, 1.54) is 4.90 Å². The van der Waals surface area contributed by atoms with Crippen LogP contribution in [0.25, 0.3) is 10.2 Å². The molecule has 3 heterocycles. The van der Waals surface area contributed by atoms with Crippen molar-refractivity contribution < 1.29 is 14.5 Å². The Bertz CT molecular complexity index is 838. The van der Waals surface area contributed by atoms with Crippen molar-refractivity contribution in [2.24, 2.45) is 0 Å². The zero-order valence-electron chi connectivity index (χ0n) is 17.0. The molecule has 1 saturated heterocycles. The zero-order chi connectivity index (χ0) is 20.3. The molecule has 9 heteroatoms. The molecule has 152 valence electrons. The van der Waals surface area contributed by atoms with Crippen LogP contribution in [0.4, 0.5) is 5.82 Å². The number of aromatic nitrogens is 2. The van der Waals surface area contributed by atoms with E-state index in [-0.39, 0.29) is 23.9 Å². The summed E-state index contributed by atoms with van der Waals surface area (Å²) in [4.78, 5) is 39.3. The van der Waals surface area contributed by atoms with Crippen LogP contribution in [0, 0.1) is 0 Å². The van der Waals surface area contributed by atoms with E-state index in [1.54, 1.807) is 17.7 Å². The number of amides is 2. The highest BCUT2D eigenvalue weighted by molar-refractivity contribution is 7.16. The standard InChI is InChI=1S/C19H28N6O2S/c1-19(2,3)22-15(26)11-24-6-8-25(9-7-24)16(27)12-23(4)17-14-5-10-28-18(14)21-13-20-17/h5,10,13H,6-9,11-12H2,1-4H3,(H,22,26)/p+1. The van der Waals surface area contributed by atoms with Crippen molar-refractivity contribution in [3.63, 3.8) is 0 Å². The van der Waals surface area contributed by atoms with Gasteiger partial charge >= 0.3 is 0 Å². The number of hydrogen-bond donors (Lipinski definition) is 2. The lowest BCUT2D eigenvalue weighted by atomic mass is 10.1. The number of likely N-dealkylation sites (N-methyl/N-ethyl adjacent to an activating group) is 1. The highest BCUT2D eigenvalue weighted by Crippen LogP contribution is 2.25. The summed E-state index contributed by atoms with van der Waals surface area (Å²) in [7, 11) is 1.88. The molecule has 8 nitrogen and oxygen atoms in total. The van der Waals surface area contributed by atoms with Crippen molar-refractivity contribution >= 4 is 39.2 Å². The highest BCUT2D eigenvalue weighted by Gasteiger charge is 2.27. The second-order valence-corrected chi connectivity index (χ2v) is 9.19. The third kappa shape index (κ3) is 5.17. The lowest BCUT2D eigenvalue weighted by molar-refractivity contribution is -0.896. The third-order valence-corrected chi connectivity index (χ3v) is 5.54. The summed E-state index contributed by atoms with van der Waals surface area (Å²) in [6.07, 6.45) is 1.54. The molecule has 0 aliphatic carbocycles. The molecule has 2 N–H and O–H groups in total. The number of carbonyl (C=O) groups excluding carboxylic acids is 2. The van der Waals surface area contributed by atoms with Crippen LogP contribution in [0.3, 0.4) is 0 Å². The average molecular weight is 406 g/mol. The van der Waals surface area contributed by atoms with Crippen LogP contribution in [-0.2, 0) is 9.59 Å². The minimum absolute atomic E-state index is 0.0607. The van der Waals surface area contributed by atoms with Gasteiger partial charge < -0.3 is 20.0 Å². The normalized spacial score (nSPS) is 15.6. The SMILES string of the molecule is CN(CC(=O)N1CC[NH+](CC(=O)NC(C)(C)C)CC1)c1ncnc2sccc12. The van der Waals surface area contributed by atoms with Gasteiger partial charge in [-0.15, -0.1) is 11.3 Å². The van der Waals surface area contributed by atoms with Gasteiger partial charge in [0.1, 0.15) is 17.0 Å².